The minimum absolute atomic E-state index is 0.113. The van der Waals surface area contributed by atoms with Gasteiger partial charge in [0.25, 0.3) is 0 Å². The SMILES string of the molecule is Oc1ccc(Cl)c(-c2c3nc(cc4ccc([nH]4)c(-c4cc(O)ccc4Cl)c4nc(cc5ccc2[nH]5)C=C4)C=C3)c1. The molecule has 4 N–H and O–H groups in total. The summed E-state index contributed by atoms with van der Waals surface area (Å²) in [6, 6.07) is 21.5. The van der Waals surface area contributed by atoms with Gasteiger partial charge in [-0.2, -0.15) is 0 Å². The minimum atomic E-state index is 0.113. The minimum Gasteiger partial charge on any atom is -0.508 e. The van der Waals surface area contributed by atoms with Gasteiger partial charge in [-0.1, -0.05) is 23.2 Å². The Morgan fingerprint density at radius 2 is 0.975 bits per heavy atom. The number of H-pyrrole nitrogens is 2. The molecule has 0 radical (unpaired) electrons. The molecule has 0 amide bonds. The van der Waals surface area contributed by atoms with Crippen LogP contribution in [0.15, 0.2) is 72.8 Å². The van der Waals surface area contributed by atoms with Crippen LogP contribution in [-0.4, -0.2) is 30.1 Å². The van der Waals surface area contributed by atoms with Crippen LogP contribution in [-0.2, 0) is 0 Å². The summed E-state index contributed by atoms with van der Waals surface area (Å²) in [4.78, 5) is 16.7. The van der Waals surface area contributed by atoms with Gasteiger partial charge in [0.1, 0.15) is 11.5 Å². The molecule has 0 unspecified atom stereocenters. The number of hydrogen-bond donors (Lipinski definition) is 4. The molecule has 2 aliphatic rings. The lowest BCUT2D eigenvalue weighted by atomic mass is 10.0. The zero-order chi connectivity index (χ0) is 27.4. The number of fused-ring (bicyclic) bond motifs is 8. The van der Waals surface area contributed by atoms with E-state index in [-0.39, 0.29) is 11.5 Å². The first-order valence-corrected chi connectivity index (χ1v) is 13.2. The highest BCUT2D eigenvalue weighted by Crippen LogP contribution is 2.38. The van der Waals surface area contributed by atoms with Gasteiger partial charge in [-0.25, -0.2) is 9.97 Å². The zero-order valence-electron chi connectivity index (χ0n) is 20.8. The summed E-state index contributed by atoms with van der Waals surface area (Å²) in [5.74, 6) is 0.226. The van der Waals surface area contributed by atoms with Crippen LogP contribution < -0.4 is 0 Å². The lowest BCUT2D eigenvalue weighted by Crippen LogP contribution is -1.87. The highest BCUT2D eigenvalue weighted by atomic mass is 35.5. The maximum Gasteiger partial charge on any atom is 0.116 e. The first-order valence-electron chi connectivity index (χ1n) is 12.5. The van der Waals surface area contributed by atoms with E-state index in [2.05, 4.69) is 9.97 Å². The van der Waals surface area contributed by atoms with Crippen LogP contribution in [0, 0.1) is 0 Å². The number of halogens is 2. The summed E-state index contributed by atoms with van der Waals surface area (Å²) < 4.78 is 0. The van der Waals surface area contributed by atoms with Gasteiger partial charge < -0.3 is 20.2 Å². The van der Waals surface area contributed by atoms with Crippen molar-refractivity contribution in [3.05, 3.63) is 106 Å². The molecule has 2 aromatic carbocycles. The van der Waals surface area contributed by atoms with Crippen molar-refractivity contribution < 1.29 is 10.2 Å². The van der Waals surface area contributed by atoms with Crippen molar-refractivity contribution in [3.8, 4) is 33.8 Å². The number of benzene rings is 2. The number of nitrogens with zero attached hydrogens (tertiary/aromatic N) is 2. The van der Waals surface area contributed by atoms with E-state index in [1.807, 2.05) is 60.7 Å². The molecule has 0 saturated heterocycles. The molecule has 5 heterocycles. The fourth-order valence-corrected chi connectivity index (χ4v) is 5.47. The van der Waals surface area contributed by atoms with Gasteiger partial charge in [-0.15, -0.1) is 0 Å². The average Bonchev–Trinajstić information content (AvgIpc) is 3.74. The van der Waals surface area contributed by atoms with E-state index in [9.17, 15) is 10.2 Å². The number of rotatable bonds is 2. The van der Waals surface area contributed by atoms with Gasteiger partial charge in [0.2, 0.25) is 0 Å². The largest absolute Gasteiger partial charge is 0.508 e. The van der Waals surface area contributed by atoms with Crippen molar-refractivity contribution in [1.82, 2.24) is 19.9 Å². The third kappa shape index (κ3) is 4.33. The van der Waals surface area contributed by atoms with E-state index in [0.29, 0.717) is 32.6 Å². The van der Waals surface area contributed by atoms with Crippen molar-refractivity contribution in [2.75, 3.05) is 0 Å². The molecule has 6 nitrogen and oxygen atoms in total. The van der Waals surface area contributed by atoms with Crippen LogP contribution in [0.5, 0.6) is 11.5 Å². The van der Waals surface area contributed by atoms with E-state index >= 15 is 0 Å². The Morgan fingerprint density at radius 3 is 1.43 bits per heavy atom. The Bertz CT molecular complexity index is 1920. The molecule has 8 heteroatoms. The summed E-state index contributed by atoms with van der Waals surface area (Å²) in [7, 11) is 0. The monoisotopic (exact) mass is 562 g/mol. The predicted octanol–water partition coefficient (Wildman–Crippen LogP) is 8.71. The number of phenolic OH excluding ortho intramolecular Hbond substituents is 2. The van der Waals surface area contributed by atoms with Crippen molar-refractivity contribution in [2.45, 2.75) is 0 Å². The zero-order valence-corrected chi connectivity index (χ0v) is 22.3. The average molecular weight is 563 g/mol. The number of phenols is 2. The number of aromatic amines is 2. The van der Waals surface area contributed by atoms with Gasteiger partial charge in [0, 0.05) is 54.4 Å². The maximum absolute atomic E-state index is 10.2. The number of hydrogen-bond acceptors (Lipinski definition) is 4. The van der Waals surface area contributed by atoms with Gasteiger partial charge in [0.05, 0.1) is 22.8 Å². The fourth-order valence-electron chi connectivity index (χ4n) is 5.05. The number of nitrogens with one attached hydrogen (secondary N) is 2. The van der Waals surface area contributed by atoms with Gasteiger partial charge in [-0.05, 0) is 97.1 Å². The first-order chi connectivity index (χ1) is 19.4. The van der Waals surface area contributed by atoms with Crippen molar-refractivity contribution in [1.29, 1.82) is 0 Å². The maximum atomic E-state index is 10.2. The Kier molecular flexibility index (Phi) is 5.73. The highest BCUT2D eigenvalue weighted by Gasteiger charge is 2.16. The Hall–Kier alpha value is -4.78. The molecular formula is C32H20Cl2N4O2. The molecule has 0 aliphatic carbocycles. The number of aromatic hydroxyl groups is 2. The molecule has 194 valence electrons. The van der Waals surface area contributed by atoms with Gasteiger partial charge in [-0.3, -0.25) is 0 Å². The lowest BCUT2D eigenvalue weighted by Gasteiger charge is -2.07. The Balaban J connectivity index is 1.59. The van der Waals surface area contributed by atoms with Gasteiger partial charge in [0.15, 0.2) is 0 Å². The molecule has 0 spiro atoms. The molecule has 8 bridgehead atoms. The summed E-state index contributed by atoms with van der Waals surface area (Å²) >= 11 is 13.2. The van der Waals surface area contributed by atoms with Crippen molar-refractivity contribution in [2.24, 2.45) is 0 Å². The standard InChI is InChI=1S/C32H20Cl2N4O2/c33-25-7-5-21(39)15-23(25)31-27-9-1-17(35-27)13-18-2-10-29(36-18)32(24-16-22(40)6-8-26(24)34)30-12-4-20(38-30)14-19-3-11-28(31)37-19/h1-16,35,38-40H. The smallest absolute Gasteiger partial charge is 0.116 e. The third-order valence-electron chi connectivity index (χ3n) is 6.84. The lowest BCUT2D eigenvalue weighted by molar-refractivity contribution is 0.475. The van der Waals surface area contributed by atoms with Crippen LogP contribution in [0.4, 0.5) is 0 Å². The van der Waals surface area contributed by atoms with Crippen LogP contribution in [0.1, 0.15) is 22.8 Å². The van der Waals surface area contributed by atoms with Crippen molar-refractivity contribution in [3.63, 3.8) is 0 Å². The molecule has 2 aliphatic heterocycles. The molecule has 5 aromatic rings. The normalized spacial score (nSPS) is 12.2. The predicted molar refractivity (Wildman–Crippen MR) is 163 cm³/mol. The third-order valence-corrected chi connectivity index (χ3v) is 7.50. The topological polar surface area (TPSA) is 97.8 Å². The number of aromatic nitrogens is 4. The van der Waals surface area contributed by atoms with E-state index in [0.717, 1.165) is 44.6 Å². The summed E-state index contributed by atoms with van der Waals surface area (Å²) in [5, 5.41) is 21.5. The quantitative estimate of drug-likeness (QED) is 0.169. The molecule has 40 heavy (non-hydrogen) atoms. The summed E-state index contributed by atoms with van der Waals surface area (Å²) in [5.41, 5.74) is 9.02. The highest BCUT2D eigenvalue weighted by molar-refractivity contribution is 6.34. The van der Waals surface area contributed by atoms with Crippen LogP contribution in [0.3, 0.4) is 0 Å². The first kappa shape index (κ1) is 24.3. The van der Waals surface area contributed by atoms with E-state index in [1.165, 1.54) is 0 Å². The van der Waals surface area contributed by atoms with E-state index < -0.39 is 0 Å². The van der Waals surface area contributed by atoms with Crippen molar-refractivity contribution >= 4 is 69.6 Å². The molecule has 3 aromatic heterocycles. The second-order valence-corrected chi connectivity index (χ2v) is 10.3. The second kappa shape index (κ2) is 9.45. The van der Waals surface area contributed by atoms with Crippen LogP contribution in [0.2, 0.25) is 10.0 Å². The molecular weight excluding hydrogens is 543 g/mol. The molecule has 7 rings (SSSR count). The fraction of sp³-hybridized carbons (Fsp3) is 0. The van der Waals surface area contributed by atoms with E-state index in [4.69, 9.17) is 33.2 Å². The molecule has 0 saturated carbocycles. The molecule has 0 fully saturated rings. The summed E-state index contributed by atoms with van der Waals surface area (Å²) in [6.07, 6.45) is 7.73. The van der Waals surface area contributed by atoms with Gasteiger partial charge >= 0.3 is 0 Å². The van der Waals surface area contributed by atoms with Crippen LogP contribution >= 0.6 is 23.2 Å². The Labute approximate surface area is 238 Å². The second-order valence-electron chi connectivity index (χ2n) is 9.53. The van der Waals surface area contributed by atoms with Crippen LogP contribution in [0.25, 0.3) is 68.6 Å². The van der Waals surface area contributed by atoms with E-state index in [1.54, 1.807) is 36.4 Å². The Morgan fingerprint density at radius 1 is 0.525 bits per heavy atom. The summed E-state index contributed by atoms with van der Waals surface area (Å²) in [6.45, 7) is 0. The molecule has 0 atom stereocenters.